The summed E-state index contributed by atoms with van der Waals surface area (Å²) in [6.07, 6.45) is 1.89. The summed E-state index contributed by atoms with van der Waals surface area (Å²) in [7, 11) is 0. The summed E-state index contributed by atoms with van der Waals surface area (Å²) in [4.78, 5) is 0. The van der Waals surface area contributed by atoms with Crippen LogP contribution < -0.4 is 0 Å². The van der Waals surface area contributed by atoms with Crippen LogP contribution in [0.4, 0.5) is 0 Å². The van der Waals surface area contributed by atoms with Gasteiger partial charge >= 0.3 is 0 Å². The van der Waals surface area contributed by atoms with Crippen molar-refractivity contribution in [1.82, 2.24) is 0 Å². The molecule has 8 aromatic carbocycles. The molecule has 51 heavy (non-hydrogen) atoms. The summed E-state index contributed by atoms with van der Waals surface area (Å²) in [5, 5.41) is 8.39. The number of benzene rings is 8. The summed E-state index contributed by atoms with van der Waals surface area (Å²) in [6, 6.07) is 54.9. The Morgan fingerprint density at radius 3 is 1.73 bits per heavy atom. The van der Waals surface area contributed by atoms with E-state index in [1.165, 1.54) is 66.1 Å². The van der Waals surface area contributed by atoms with Crippen LogP contribution in [0.15, 0.2) is 167 Å². The van der Waals surface area contributed by atoms with Gasteiger partial charge in [0.1, 0.15) is 16.7 Å². The molecule has 1 aliphatic carbocycles. The molecule has 0 bridgehead atoms. The molecule has 0 unspecified atom stereocenters. The quantitative estimate of drug-likeness (QED) is 0.178. The lowest BCUT2D eigenvalue weighted by atomic mass is 9.80. The first kappa shape index (κ1) is 28.5. The number of furan rings is 2. The van der Waals surface area contributed by atoms with E-state index >= 15 is 0 Å². The van der Waals surface area contributed by atoms with Crippen LogP contribution in [0.3, 0.4) is 0 Å². The van der Waals surface area contributed by atoms with Crippen LogP contribution in [-0.2, 0) is 5.41 Å². The number of para-hydroxylation sites is 2. The maximum atomic E-state index is 6.75. The molecule has 0 spiro atoms. The largest absolute Gasteiger partial charge is 0.464 e. The molecule has 0 saturated heterocycles. The first-order valence-electron chi connectivity index (χ1n) is 17.7. The smallest absolute Gasteiger partial charge is 0.143 e. The van der Waals surface area contributed by atoms with Gasteiger partial charge < -0.3 is 8.83 Å². The topological polar surface area (TPSA) is 26.3 Å². The fourth-order valence-corrected chi connectivity index (χ4v) is 9.03. The van der Waals surface area contributed by atoms with E-state index in [0.717, 1.165) is 44.0 Å². The molecular formula is C49H32O2. The highest BCUT2D eigenvalue weighted by molar-refractivity contribution is 6.24. The SMILES string of the molecule is CC1(C)c2cccc(-c3c4ccccc4c(-c4cccc(-c5coc6ccccc56)c4)c4ccccc34)c2-c2c1ccc1c2oc2ccccc21. The zero-order chi connectivity index (χ0) is 33.8. The normalized spacial score (nSPS) is 13.5. The predicted molar refractivity (Wildman–Crippen MR) is 212 cm³/mol. The van der Waals surface area contributed by atoms with E-state index in [-0.39, 0.29) is 5.41 Å². The lowest BCUT2D eigenvalue weighted by Crippen LogP contribution is -2.14. The summed E-state index contributed by atoms with van der Waals surface area (Å²) in [6.45, 7) is 4.71. The molecule has 0 radical (unpaired) electrons. The highest BCUT2D eigenvalue weighted by Gasteiger charge is 2.39. The summed E-state index contributed by atoms with van der Waals surface area (Å²) in [5.74, 6) is 0. The molecule has 0 atom stereocenters. The van der Waals surface area contributed by atoms with Crippen molar-refractivity contribution in [2.75, 3.05) is 0 Å². The fourth-order valence-electron chi connectivity index (χ4n) is 9.03. The number of fused-ring (bicyclic) bond motifs is 10. The Balaban J connectivity index is 1.22. The van der Waals surface area contributed by atoms with E-state index in [9.17, 15) is 0 Å². The fraction of sp³-hybridized carbons (Fsp3) is 0.0612. The second kappa shape index (κ2) is 10.3. The molecule has 0 aliphatic heterocycles. The van der Waals surface area contributed by atoms with E-state index in [1.54, 1.807) is 0 Å². The highest BCUT2D eigenvalue weighted by atomic mass is 16.3. The Morgan fingerprint density at radius 1 is 0.392 bits per heavy atom. The Labute approximate surface area is 295 Å². The van der Waals surface area contributed by atoms with Crippen LogP contribution >= 0.6 is 0 Å². The molecule has 10 aromatic rings. The van der Waals surface area contributed by atoms with Gasteiger partial charge in [-0.1, -0.05) is 147 Å². The van der Waals surface area contributed by atoms with Gasteiger partial charge in [-0.3, -0.25) is 0 Å². The molecule has 0 saturated carbocycles. The Kier molecular flexibility index (Phi) is 5.76. The zero-order valence-corrected chi connectivity index (χ0v) is 28.3. The van der Waals surface area contributed by atoms with Crippen molar-refractivity contribution in [2.24, 2.45) is 0 Å². The first-order chi connectivity index (χ1) is 25.1. The van der Waals surface area contributed by atoms with E-state index in [1.807, 2.05) is 18.4 Å². The van der Waals surface area contributed by atoms with Crippen molar-refractivity contribution in [3.05, 3.63) is 169 Å². The molecule has 0 amide bonds. The number of hydrogen-bond donors (Lipinski definition) is 0. The monoisotopic (exact) mass is 652 g/mol. The Morgan fingerprint density at radius 2 is 0.980 bits per heavy atom. The lowest BCUT2D eigenvalue weighted by Gasteiger charge is -2.22. The van der Waals surface area contributed by atoms with Gasteiger partial charge in [0.05, 0.1) is 6.26 Å². The lowest BCUT2D eigenvalue weighted by molar-refractivity contribution is 0.617. The summed E-state index contributed by atoms with van der Waals surface area (Å²) in [5.41, 5.74) is 14.9. The van der Waals surface area contributed by atoms with Crippen LogP contribution in [0, 0.1) is 0 Å². The third kappa shape index (κ3) is 3.88. The minimum absolute atomic E-state index is 0.183. The second-order valence-corrected chi connectivity index (χ2v) is 14.4. The Hall–Kier alpha value is -6.38. The molecule has 2 heteroatoms. The molecule has 0 N–H and O–H groups in total. The summed E-state index contributed by atoms with van der Waals surface area (Å²) < 4.78 is 12.7. The van der Waals surface area contributed by atoms with Gasteiger partial charge in [-0.2, -0.15) is 0 Å². The highest BCUT2D eigenvalue weighted by Crippen LogP contribution is 2.57. The maximum Gasteiger partial charge on any atom is 0.143 e. The third-order valence-corrected chi connectivity index (χ3v) is 11.4. The molecule has 240 valence electrons. The second-order valence-electron chi connectivity index (χ2n) is 14.4. The van der Waals surface area contributed by atoms with Crippen LogP contribution in [0.1, 0.15) is 25.0 Å². The standard InChI is InChI=1S/C49H32O2/c1-49(2)40-22-12-21-38(46(40)47-41(49)26-25-37-31-15-8-10-24-43(31)51-48(37)47)45-35-19-5-3-17-33(35)44(34-18-4-6-20-36(34)45)30-14-11-13-29(27-30)39-28-50-42-23-9-7-16-32(39)42/h3-28H,1-2H3. The van der Waals surface area contributed by atoms with Crippen LogP contribution in [-0.4, -0.2) is 0 Å². The van der Waals surface area contributed by atoms with Gasteiger partial charge in [0, 0.05) is 32.7 Å². The third-order valence-electron chi connectivity index (χ3n) is 11.4. The predicted octanol–water partition coefficient (Wildman–Crippen LogP) is 13.9. The van der Waals surface area contributed by atoms with Gasteiger partial charge in [0.2, 0.25) is 0 Å². The average Bonchev–Trinajstić information content (AvgIpc) is 3.84. The molecule has 1 aliphatic rings. The summed E-state index contributed by atoms with van der Waals surface area (Å²) >= 11 is 0. The van der Waals surface area contributed by atoms with Crippen molar-refractivity contribution in [3.63, 3.8) is 0 Å². The van der Waals surface area contributed by atoms with E-state index in [2.05, 4.69) is 153 Å². The van der Waals surface area contributed by atoms with Crippen LogP contribution in [0.5, 0.6) is 0 Å². The van der Waals surface area contributed by atoms with Gasteiger partial charge in [0.25, 0.3) is 0 Å². The van der Waals surface area contributed by atoms with Crippen molar-refractivity contribution in [2.45, 2.75) is 19.3 Å². The molecule has 0 fully saturated rings. The minimum Gasteiger partial charge on any atom is -0.464 e. The van der Waals surface area contributed by atoms with Crippen molar-refractivity contribution >= 4 is 54.5 Å². The van der Waals surface area contributed by atoms with Crippen molar-refractivity contribution in [1.29, 1.82) is 0 Å². The van der Waals surface area contributed by atoms with E-state index < -0.39 is 0 Å². The molecule has 2 nitrogen and oxygen atoms in total. The maximum absolute atomic E-state index is 6.75. The first-order valence-corrected chi connectivity index (χ1v) is 17.7. The molecule has 2 aromatic heterocycles. The van der Waals surface area contributed by atoms with Crippen LogP contribution in [0.2, 0.25) is 0 Å². The van der Waals surface area contributed by atoms with E-state index in [0.29, 0.717) is 0 Å². The van der Waals surface area contributed by atoms with Gasteiger partial charge in [-0.15, -0.1) is 0 Å². The zero-order valence-electron chi connectivity index (χ0n) is 28.3. The van der Waals surface area contributed by atoms with Gasteiger partial charge in [-0.05, 0) is 84.3 Å². The molecule has 2 heterocycles. The van der Waals surface area contributed by atoms with E-state index in [4.69, 9.17) is 8.83 Å². The Bertz CT molecular complexity index is 3000. The minimum atomic E-state index is -0.183. The molecule has 11 rings (SSSR count). The molecular weight excluding hydrogens is 621 g/mol. The number of hydrogen-bond acceptors (Lipinski definition) is 2. The van der Waals surface area contributed by atoms with Crippen molar-refractivity contribution < 1.29 is 8.83 Å². The van der Waals surface area contributed by atoms with Gasteiger partial charge in [-0.25, -0.2) is 0 Å². The van der Waals surface area contributed by atoms with Crippen LogP contribution in [0.25, 0.3) is 99.0 Å². The number of rotatable bonds is 3. The average molecular weight is 653 g/mol. The van der Waals surface area contributed by atoms with Crippen molar-refractivity contribution in [3.8, 4) is 44.5 Å². The van der Waals surface area contributed by atoms with Gasteiger partial charge in [0.15, 0.2) is 0 Å².